The van der Waals surface area contributed by atoms with Gasteiger partial charge in [0.1, 0.15) is 24.9 Å². The number of rotatable bonds is 11. The third-order valence-corrected chi connectivity index (χ3v) is 6.69. The molecule has 0 N–H and O–H groups in total. The van der Waals surface area contributed by atoms with E-state index in [1.54, 1.807) is 68.4 Å². The lowest BCUT2D eigenvalue weighted by Crippen LogP contribution is -2.31. The van der Waals surface area contributed by atoms with E-state index in [0.717, 1.165) is 18.2 Å². The molecule has 12 nitrogen and oxygen atoms in total. The van der Waals surface area contributed by atoms with Gasteiger partial charge in [-0.05, 0) is 43.7 Å². The van der Waals surface area contributed by atoms with E-state index >= 15 is 0 Å². The molecule has 0 bridgehead atoms. The third-order valence-electron chi connectivity index (χ3n) is 5.95. The first kappa shape index (κ1) is 33.4. The van der Waals surface area contributed by atoms with Crippen molar-refractivity contribution in [3.05, 3.63) is 103 Å². The summed E-state index contributed by atoms with van der Waals surface area (Å²) in [4.78, 5) is 50.6. The molecule has 3 aromatic carbocycles. The fourth-order valence-corrected chi connectivity index (χ4v) is 4.11. The molecular weight excluding hydrogens is 617 g/mol. The lowest BCUT2D eigenvalue weighted by atomic mass is 10.1. The summed E-state index contributed by atoms with van der Waals surface area (Å²) in [6, 6.07) is 16.8. The zero-order valence-corrected chi connectivity index (χ0v) is 25.0. The molecule has 0 aliphatic rings. The zero-order chi connectivity index (χ0) is 32.2. The van der Waals surface area contributed by atoms with E-state index in [0.29, 0.717) is 34.3 Å². The van der Waals surface area contributed by atoms with Crippen LogP contribution in [0.4, 0.5) is 15.3 Å². The van der Waals surface area contributed by atoms with Gasteiger partial charge in [0.15, 0.2) is 5.75 Å². The molecule has 14 heteroatoms. The molecule has 0 unspecified atom stereocenters. The van der Waals surface area contributed by atoms with E-state index in [4.69, 9.17) is 42.1 Å². The Bertz CT molecular complexity index is 1630. The normalized spacial score (nSPS) is 10.8. The molecule has 0 saturated carbocycles. The molecule has 1 amide bonds. The highest BCUT2D eigenvalue weighted by Gasteiger charge is 2.28. The van der Waals surface area contributed by atoms with Crippen LogP contribution in [0.15, 0.2) is 66.2 Å². The molecule has 44 heavy (non-hydrogen) atoms. The minimum Gasteiger partial charge on any atom is -0.429 e. The molecule has 0 saturated heterocycles. The van der Waals surface area contributed by atoms with Crippen molar-refractivity contribution >= 4 is 53.2 Å². The van der Waals surface area contributed by atoms with Gasteiger partial charge in [0, 0.05) is 40.3 Å². The Morgan fingerprint density at radius 2 is 1.43 bits per heavy atom. The first-order valence-corrected chi connectivity index (χ1v) is 13.7. The Balaban J connectivity index is 1.99. The standard InChI is InChI=1S/C30H25Cl2N3O9/c1-3-34(4-2)28(36)22(16-33)13-19-14-25(35(39)40)27(44-30(38)42-18-21-10-6-8-12-24(21)32)26(15-19)43-29(37)41-17-20-9-5-7-11-23(20)31/h5-15H,3-4,17-18H2,1-2H3. The van der Waals surface area contributed by atoms with Crippen LogP contribution in [0.3, 0.4) is 0 Å². The van der Waals surface area contributed by atoms with Crippen molar-refractivity contribution in [2.24, 2.45) is 0 Å². The summed E-state index contributed by atoms with van der Waals surface area (Å²) >= 11 is 12.2. The summed E-state index contributed by atoms with van der Waals surface area (Å²) in [6.07, 6.45) is -1.62. The topological polar surface area (TPSA) is 158 Å². The Hall–Kier alpha value is -5.12. The highest BCUT2D eigenvalue weighted by Crippen LogP contribution is 2.40. The Morgan fingerprint density at radius 3 is 1.91 bits per heavy atom. The lowest BCUT2D eigenvalue weighted by Gasteiger charge is -2.17. The molecule has 0 aromatic heterocycles. The first-order chi connectivity index (χ1) is 21.1. The average molecular weight is 642 g/mol. The summed E-state index contributed by atoms with van der Waals surface area (Å²) in [5, 5.41) is 22.3. The van der Waals surface area contributed by atoms with Gasteiger partial charge in [-0.1, -0.05) is 59.6 Å². The number of halogens is 2. The van der Waals surface area contributed by atoms with E-state index in [9.17, 15) is 29.8 Å². The molecule has 0 aliphatic heterocycles. The highest BCUT2D eigenvalue weighted by molar-refractivity contribution is 6.31. The second kappa shape index (κ2) is 15.9. The number of likely N-dealkylation sites (N-methyl/N-ethyl adjacent to an activating group) is 1. The number of nitrogens with zero attached hydrogens (tertiary/aromatic N) is 3. The predicted molar refractivity (Wildman–Crippen MR) is 159 cm³/mol. The molecule has 0 heterocycles. The van der Waals surface area contributed by atoms with E-state index in [2.05, 4.69) is 0 Å². The van der Waals surface area contributed by atoms with Crippen LogP contribution in [0, 0.1) is 21.4 Å². The fourth-order valence-electron chi connectivity index (χ4n) is 3.73. The van der Waals surface area contributed by atoms with Gasteiger partial charge >= 0.3 is 18.0 Å². The summed E-state index contributed by atoms with van der Waals surface area (Å²) < 4.78 is 20.5. The molecule has 0 aliphatic carbocycles. The molecule has 0 atom stereocenters. The minimum atomic E-state index is -1.37. The number of hydrogen-bond donors (Lipinski definition) is 0. The van der Waals surface area contributed by atoms with Crippen LogP contribution in [0.25, 0.3) is 6.08 Å². The second-order valence-corrected chi connectivity index (χ2v) is 9.55. The molecule has 3 aromatic rings. The number of carbonyl (C=O) groups excluding carboxylic acids is 3. The summed E-state index contributed by atoms with van der Waals surface area (Å²) in [6.45, 7) is 3.42. The summed E-state index contributed by atoms with van der Waals surface area (Å²) in [5.74, 6) is -2.04. The van der Waals surface area contributed by atoms with E-state index in [1.807, 2.05) is 0 Å². The van der Waals surface area contributed by atoms with Crippen molar-refractivity contribution in [3.8, 4) is 17.6 Å². The van der Waals surface area contributed by atoms with Crippen molar-refractivity contribution in [2.45, 2.75) is 27.1 Å². The molecule has 0 fully saturated rings. The van der Waals surface area contributed by atoms with Gasteiger partial charge in [-0.15, -0.1) is 0 Å². The van der Waals surface area contributed by atoms with Gasteiger partial charge in [-0.3, -0.25) is 14.9 Å². The average Bonchev–Trinajstić information content (AvgIpc) is 3.00. The van der Waals surface area contributed by atoms with E-state index < -0.39 is 40.3 Å². The quantitative estimate of drug-likeness (QED) is 0.0527. The van der Waals surface area contributed by atoms with Crippen LogP contribution >= 0.6 is 23.2 Å². The van der Waals surface area contributed by atoms with Crippen LogP contribution in [0.1, 0.15) is 30.5 Å². The van der Waals surface area contributed by atoms with Gasteiger partial charge in [-0.25, -0.2) is 9.59 Å². The van der Waals surface area contributed by atoms with Crippen molar-refractivity contribution in [3.63, 3.8) is 0 Å². The summed E-state index contributed by atoms with van der Waals surface area (Å²) in [5.41, 5.74) is -0.387. The van der Waals surface area contributed by atoms with Gasteiger partial charge < -0.3 is 23.8 Å². The van der Waals surface area contributed by atoms with Gasteiger partial charge in [0.2, 0.25) is 0 Å². The highest BCUT2D eigenvalue weighted by atomic mass is 35.5. The number of nitro groups is 1. The van der Waals surface area contributed by atoms with Crippen molar-refractivity contribution in [1.82, 2.24) is 4.90 Å². The van der Waals surface area contributed by atoms with Crippen LogP contribution < -0.4 is 9.47 Å². The number of ether oxygens (including phenoxy) is 4. The monoisotopic (exact) mass is 641 g/mol. The largest absolute Gasteiger partial charge is 0.514 e. The maximum absolute atomic E-state index is 12.8. The van der Waals surface area contributed by atoms with E-state index in [1.165, 1.54) is 4.90 Å². The third kappa shape index (κ3) is 8.94. The minimum absolute atomic E-state index is 0.0838. The van der Waals surface area contributed by atoms with Crippen LogP contribution in [0.2, 0.25) is 10.0 Å². The van der Waals surface area contributed by atoms with E-state index in [-0.39, 0.29) is 24.4 Å². The Kier molecular flexibility index (Phi) is 12.1. The van der Waals surface area contributed by atoms with Gasteiger partial charge in [0.25, 0.3) is 11.7 Å². The number of benzene rings is 3. The second-order valence-electron chi connectivity index (χ2n) is 8.74. The zero-order valence-electron chi connectivity index (χ0n) is 23.5. The van der Waals surface area contributed by atoms with Crippen LogP contribution in [0.5, 0.6) is 11.5 Å². The molecular formula is C30H25Cl2N3O9. The Labute approximate surface area is 262 Å². The molecule has 0 spiro atoms. The number of amides is 1. The number of hydrogen-bond acceptors (Lipinski definition) is 10. The van der Waals surface area contributed by atoms with Crippen molar-refractivity contribution < 1.29 is 38.3 Å². The van der Waals surface area contributed by atoms with Crippen molar-refractivity contribution in [2.75, 3.05) is 13.1 Å². The molecule has 0 radical (unpaired) electrons. The van der Waals surface area contributed by atoms with Crippen LogP contribution in [-0.4, -0.2) is 41.1 Å². The smallest absolute Gasteiger partial charge is 0.429 e. The maximum Gasteiger partial charge on any atom is 0.514 e. The van der Waals surface area contributed by atoms with Crippen molar-refractivity contribution in [1.29, 1.82) is 5.26 Å². The first-order valence-electron chi connectivity index (χ1n) is 13.0. The maximum atomic E-state index is 12.8. The van der Waals surface area contributed by atoms with Gasteiger partial charge in [-0.2, -0.15) is 5.26 Å². The summed E-state index contributed by atoms with van der Waals surface area (Å²) in [7, 11) is 0. The van der Waals surface area contributed by atoms with Crippen LogP contribution in [-0.2, 0) is 27.5 Å². The number of nitriles is 1. The molecule has 228 valence electrons. The number of carbonyl (C=O) groups is 3. The fraction of sp³-hybridized carbons (Fsp3) is 0.200. The SMILES string of the molecule is CCN(CC)C(=O)C(C#N)=Cc1cc(OC(=O)OCc2ccccc2Cl)c(OC(=O)OCc2ccccc2Cl)c([N+](=O)[O-])c1. The lowest BCUT2D eigenvalue weighted by molar-refractivity contribution is -0.385. The Morgan fingerprint density at radius 1 is 0.909 bits per heavy atom. The predicted octanol–water partition coefficient (Wildman–Crippen LogP) is 7.11. The number of nitro benzene ring substituents is 1. The molecule has 3 rings (SSSR count). The van der Waals surface area contributed by atoms with Gasteiger partial charge in [0.05, 0.1) is 4.92 Å².